The molecule has 0 radical (unpaired) electrons. The molecule has 0 aliphatic carbocycles. The zero-order chi connectivity index (χ0) is 23.8. The number of nitrogens with zero attached hydrogens (tertiary/aromatic N) is 3. The van der Waals surface area contributed by atoms with E-state index in [4.69, 9.17) is 4.74 Å². The number of fused-ring (bicyclic) bond motifs is 1. The number of aryl methyl sites for hydroxylation is 2. The van der Waals surface area contributed by atoms with Crippen LogP contribution >= 0.6 is 0 Å². The highest BCUT2D eigenvalue weighted by molar-refractivity contribution is 7.89. The summed E-state index contributed by atoms with van der Waals surface area (Å²) in [6.45, 7) is 8.36. The van der Waals surface area contributed by atoms with E-state index in [1.807, 2.05) is 38.1 Å². The van der Waals surface area contributed by atoms with Gasteiger partial charge in [0.15, 0.2) is 0 Å². The average Bonchev–Trinajstić information content (AvgIpc) is 3.22. The maximum atomic E-state index is 13.4. The number of benzene rings is 2. The Kier molecular flexibility index (Phi) is 6.42. The Morgan fingerprint density at radius 3 is 2.61 bits per heavy atom. The monoisotopic (exact) mass is 471 g/mol. The third kappa shape index (κ3) is 4.59. The number of hydrogen-bond donors (Lipinski definition) is 2. The maximum absolute atomic E-state index is 13.4. The Hall–Kier alpha value is -2.95. The third-order valence-corrected chi connectivity index (χ3v) is 8.04. The number of nitrogens with one attached hydrogen (secondary N) is 2. The first-order chi connectivity index (χ1) is 15.7. The number of likely N-dealkylation sites (N-methyl/N-ethyl adjacent to an activating group) is 1. The Bertz CT molecular complexity index is 1300. The summed E-state index contributed by atoms with van der Waals surface area (Å²) in [6, 6.07) is 7.60. The van der Waals surface area contributed by atoms with E-state index in [9.17, 15) is 13.2 Å². The molecule has 1 saturated heterocycles. The van der Waals surface area contributed by atoms with E-state index in [1.165, 1.54) is 7.05 Å². The van der Waals surface area contributed by atoms with E-state index in [0.29, 0.717) is 35.4 Å². The molecule has 1 aromatic heterocycles. The lowest BCUT2D eigenvalue weighted by Crippen LogP contribution is -2.36. The Morgan fingerprint density at radius 2 is 1.91 bits per heavy atom. The fraction of sp³-hybridized carbons (Fsp3) is 0.391. The van der Waals surface area contributed by atoms with Crippen LogP contribution in [0, 0.1) is 20.8 Å². The number of carbonyl (C=O) groups excluding carboxylic acids is 1. The fourth-order valence-corrected chi connectivity index (χ4v) is 5.72. The van der Waals surface area contributed by atoms with Crippen molar-refractivity contribution in [3.8, 4) is 0 Å². The highest BCUT2D eigenvalue weighted by Crippen LogP contribution is 2.30. The zero-order valence-electron chi connectivity index (χ0n) is 19.3. The van der Waals surface area contributed by atoms with Gasteiger partial charge in [0, 0.05) is 36.9 Å². The van der Waals surface area contributed by atoms with Gasteiger partial charge in [0.1, 0.15) is 4.90 Å². The predicted molar refractivity (Wildman–Crippen MR) is 128 cm³/mol. The predicted octanol–water partition coefficient (Wildman–Crippen LogP) is 2.58. The van der Waals surface area contributed by atoms with Crippen molar-refractivity contribution in [1.29, 1.82) is 0 Å². The van der Waals surface area contributed by atoms with Gasteiger partial charge in [0.2, 0.25) is 15.9 Å². The Morgan fingerprint density at radius 1 is 1.18 bits per heavy atom. The minimum Gasteiger partial charge on any atom is -0.378 e. The van der Waals surface area contributed by atoms with Gasteiger partial charge >= 0.3 is 0 Å². The fourth-order valence-electron chi connectivity index (χ4n) is 4.15. The van der Waals surface area contributed by atoms with Crippen LogP contribution in [0.2, 0.25) is 0 Å². The zero-order valence-corrected chi connectivity index (χ0v) is 20.1. The Labute approximate surface area is 193 Å². The van der Waals surface area contributed by atoms with Crippen molar-refractivity contribution in [2.24, 2.45) is 0 Å². The Balaban J connectivity index is 1.49. The number of hydrogen-bond acceptors (Lipinski definition) is 6. The number of rotatable bonds is 6. The molecule has 0 atom stereocenters. The van der Waals surface area contributed by atoms with Gasteiger partial charge in [-0.2, -0.15) is 9.40 Å². The SMILES string of the molecule is Cc1cc(NC(=O)CN(C)S(=O)(=O)c2c(C)c(C)cc3cn[nH]c23)ccc1N1CCOCC1. The van der Waals surface area contributed by atoms with Crippen LogP contribution in [0.4, 0.5) is 11.4 Å². The van der Waals surface area contributed by atoms with Crippen LogP contribution in [0.3, 0.4) is 0 Å². The van der Waals surface area contributed by atoms with E-state index >= 15 is 0 Å². The van der Waals surface area contributed by atoms with Crippen LogP contribution in [0.25, 0.3) is 10.9 Å². The number of H-pyrrole nitrogens is 1. The van der Waals surface area contributed by atoms with Crippen LogP contribution in [-0.4, -0.2) is 68.7 Å². The molecule has 4 rings (SSSR count). The molecule has 10 heteroatoms. The first-order valence-corrected chi connectivity index (χ1v) is 12.3. The van der Waals surface area contributed by atoms with Crippen molar-refractivity contribution in [2.75, 3.05) is 50.1 Å². The quantitative estimate of drug-likeness (QED) is 0.572. The molecule has 33 heavy (non-hydrogen) atoms. The molecule has 2 aromatic carbocycles. The topological polar surface area (TPSA) is 108 Å². The molecule has 2 N–H and O–H groups in total. The van der Waals surface area contributed by atoms with Crippen LogP contribution in [-0.2, 0) is 19.6 Å². The highest BCUT2D eigenvalue weighted by atomic mass is 32.2. The molecular weight excluding hydrogens is 442 g/mol. The number of morpholine rings is 1. The first-order valence-electron chi connectivity index (χ1n) is 10.8. The number of amides is 1. The number of carbonyl (C=O) groups is 1. The summed E-state index contributed by atoms with van der Waals surface area (Å²) in [7, 11) is -2.51. The van der Waals surface area contributed by atoms with Gasteiger partial charge in [0.25, 0.3) is 0 Å². The number of sulfonamides is 1. The lowest BCUT2D eigenvalue weighted by molar-refractivity contribution is -0.116. The molecule has 0 saturated carbocycles. The summed E-state index contributed by atoms with van der Waals surface area (Å²) in [5.74, 6) is -0.411. The van der Waals surface area contributed by atoms with Crippen molar-refractivity contribution < 1.29 is 17.9 Å². The van der Waals surface area contributed by atoms with Crippen molar-refractivity contribution in [3.63, 3.8) is 0 Å². The van der Waals surface area contributed by atoms with E-state index < -0.39 is 15.9 Å². The molecule has 1 aliphatic rings. The molecule has 3 aromatic rings. The second-order valence-corrected chi connectivity index (χ2v) is 10.4. The normalized spacial score (nSPS) is 14.8. The molecule has 1 amide bonds. The third-order valence-electron chi connectivity index (χ3n) is 6.07. The van der Waals surface area contributed by atoms with E-state index in [-0.39, 0.29) is 11.4 Å². The maximum Gasteiger partial charge on any atom is 0.245 e. The van der Waals surface area contributed by atoms with Crippen molar-refractivity contribution >= 4 is 38.2 Å². The van der Waals surface area contributed by atoms with Crippen LogP contribution in [0.15, 0.2) is 35.4 Å². The van der Waals surface area contributed by atoms with Crippen LogP contribution in [0.1, 0.15) is 16.7 Å². The standard InChI is InChI=1S/C23H29N5O4S/c1-15-11-18-13-24-26-22(18)23(17(15)3)33(30,31)27(4)14-21(29)25-19-5-6-20(16(2)12-19)28-7-9-32-10-8-28/h5-6,11-13H,7-10,14H2,1-4H3,(H,24,26)(H,25,29). The first kappa shape index (κ1) is 23.2. The van der Waals surface area contributed by atoms with Crippen molar-refractivity contribution in [3.05, 3.63) is 47.2 Å². The van der Waals surface area contributed by atoms with Gasteiger partial charge in [-0.05, 0) is 61.7 Å². The number of anilines is 2. The molecule has 0 spiro atoms. The van der Waals surface area contributed by atoms with Gasteiger partial charge in [-0.3, -0.25) is 9.89 Å². The average molecular weight is 472 g/mol. The second kappa shape index (κ2) is 9.12. The van der Waals surface area contributed by atoms with Gasteiger partial charge in [-0.1, -0.05) is 0 Å². The van der Waals surface area contributed by atoms with Crippen molar-refractivity contribution in [2.45, 2.75) is 25.7 Å². The summed E-state index contributed by atoms with van der Waals surface area (Å²) in [6.07, 6.45) is 1.59. The molecular formula is C23H29N5O4S. The summed E-state index contributed by atoms with van der Waals surface area (Å²) < 4.78 is 33.2. The van der Waals surface area contributed by atoms with E-state index in [0.717, 1.165) is 34.2 Å². The summed E-state index contributed by atoms with van der Waals surface area (Å²) in [5, 5.41) is 10.3. The lowest BCUT2D eigenvalue weighted by Gasteiger charge is -2.30. The van der Waals surface area contributed by atoms with E-state index in [1.54, 1.807) is 13.1 Å². The van der Waals surface area contributed by atoms with Gasteiger partial charge in [-0.15, -0.1) is 0 Å². The molecule has 176 valence electrons. The second-order valence-electron chi connectivity index (χ2n) is 8.39. The summed E-state index contributed by atoms with van der Waals surface area (Å²) in [4.78, 5) is 15.1. The molecule has 1 aliphatic heterocycles. The largest absolute Gasteiger partial charge is 0.378 e. The lowest BCUT2D eigenvalue weighted by atomic mass is 10.1. The van der Waals surface area contributed by atoms with Gasteiger partial charge in [-0.25, -0.2) is 8.42 Å². The molecule has 1 fully saturated rings. The van der Waals surface area contributed by atoms with Gasteiger partial charge < -0.3 is 15.0 Å². The van der Waals surface area contributed by atoms with Gasteiger partial charge in [0.05, 0.1) is 31.5 Å². The summed E-state index contributed by atoms with van der Waals surface area (Å²) in [5.41, 5.74) is 4.69. The molecule has 9 nitrogen and oxygen atoms in total. The molecule has 2 heterocycles. The van der Waals surface area contributed by atoms with Crippen LogP contribution in [0.5, 0.6) is 0 Å². The highest BCUT2D eigenvalue weighted by Gasteiger charge is 2.28. The number of aromatic amines is 1. The van der Waals surface area contributed by atoms with E-state index in [2.05, 4.69) is 20.4 Å². The van der Waals surface area contributed by atoms with Crippen LogP contribution < -0.4 is 10.2 Å². The molecule has 0 bridgehead atoms. The van der Waals surface area contributed by atoms with Crippen molar-refractivity contribution in [1.82, 2.24) is 14.5 Å². The molecule has 0 unspecified atom stereocenters. The number of aromatic nitrogens is 2. The minimum atomic E-state index is -3.92. The smallest absolute Gasteiger partial charge is 0.245 e. The minimum absolute atomic E-state index is 0.149. The summed E-state index contributed by atoms with van der Waals surface area (Å²) >= 11 is 0. The number of ether oxygens (including phenoxy) is 1.